The number of aliphatic hydroxyl groups excluding tert-OH is 7. The third-order valence-electron chi connectivity index (χ3n) is 7.74. The van der Waals surface area contributed by atoms with E-state index in [9.17, 15) is 66.1 Å². The van der Waals surface area contributed by atoms with Crippen LogP contribution in [-0.2, 0) is 14.2 Å². The van der Waals surface area contributed by atoms with Crippen LogP contribution in [0.25, 0.3) is 22.3 Å². The maximum Gasteiger partial charge on any atom is 0.239 e. The summed E-state index contributed by atoms with van der Waals surface area (Å²) < 4.78 is 27.8. The molecular formula is C28H32O18. The molecule has 0 amide bonds. The molecule has 18 heteroatoms. The van der Waals surface area contributed by atoms with Gasteiger partial charge in [0.2, 0.25) is 11.2 Å². The highest BCUT2D eigenvalue weighted by Crippen LogP contribution is 2.42. The molecule has 1 unspecified atom stereocenters. The normalized spacial score (nSPS) is 31.6. The largest absolute Gasteiger partial charge is 0.508 e. The summed E-state index contributed by atoms with van der Waals surface area (Å²) in [4.78, 5) is 13.5. The van der Waals surface area contributed by atoms with E-state index in [0.717, 1.165) is 24.3 Å². The lowest BCUT2D eigenvalue weighted by Gasteiger charge is -2.46. The van der Waals surface area contributed by atoms with Crippen molar-refractivity contribution >= 4 is 11.0 Å². The fraction of sp³-hybridized carbons (Fsp3) is 0.464. The fourth-order valence-electron chi connectivity index (χ4n) is 5.29. The van der Waals surface area contributed by atoms with Crippen molar-refractivity contribution < 1.29 is 84.6 Å². The predicted molar refractivity (Wildman–Crippen MR) is 148 cm³/mol. The van der Waals surface area contributed by atoms with E-state index >= 15 is 0 Å². The summed E-state index contributed by atoms with van der Waals surface area (Å²) in [6, 6.07) is 3.67. The van der Waals surface area contributed by atoms with Gasteiger partial charge in [-0.2, -0.15) is 0 Å². The third kappa shape index (κ3) is 5.98. The Balaban J connectivity index is 1.43. The van der Waals surface area contributed by atoms with Crippen molar-refractivity contribution in [3.8, 4) is 45.8 Å². The first-order valence-electron chi connectivity index (χ1n) is 13.8. The molecule has 2 aromatic carbocycles. The number of hydrogen-bond donors (Lipinski definition) is 12. The molecule has 2 aliphatic heterocycles. The first kappa shape index (κ1) is 33.4. The van der Waals surface area contributed by atoms with Crippen LogP contribution in [0.1, 0.15) is 0 Å². The third-order valence-corrected chi connectivity index (χ3v) is 7.74. The van der Waals surface area contributed by atoms with Crippen LogP contribution in [0.2, 0.25) is 0 Å². The minimum atomic E-state index is -1.88. The highest BCUT2D eigenvalue weighted by Gasteiger charge is 2.50. The van der Waals surface area contributed by atoms with Gasteiger partial charge < -0.3 is 84.6 Å². The lowest BCUT2D eigenvalue weighted by atomic mass is 9.94. The van der Waals surface area contributed by atoms with Crippen molar-refractivity contribution in [2.24, 2.45) is 0 Å². The Bertz CT molecular complexity index is 1600. The van der Waals surface area contributed by atoms with E-state index in [4.69, 9.17) is 23.4 Å². The highest BCUT2D eigenvalue weighted by atomic mass is 16.7. The minimum absolute atomic E-state index is 0.212. The molecule has 5 rings (SSSR count). The summed E-state index contributed by atoms with van der Waals surface area (Å²) in [7, 11) is 0. The zero-order chi connectivity index (χ0) is 33.6. The number of hydrogen-bond acceptors (Lipinski definition) is 18. The van der Waals surface area contributed by atoms with E-state index in [1.54, 1.807) is 0 Å². The lowest BCUT2D eigenvalue weighted by Crippen LogP contribution is -2.65. The Hall–Kier alpha value is -3.95. The van der Waals surface area contributed by atoms with Gasteiger partial charge in [0, 0.05) is 17.7 Å². The maximum atomic E-state index is 13.5. The number of aliphatic hydroxyl groups is 7. The summed E-state index contributed by atoms with van der Waals surface area (Å²) in [5.41, 5.74) is -1.57. The molecule has 3 aromatic rings. The smallest absolute Gasteiger partial charge is 0.239 e. The predicted octanol–water partition coefficient (Wildman–Crippen LogP) is -2.97. The number of phenols is 5. The second kappa shape index (κ2) is 13.0. The van der Waals surface area contributed by atoms with E-state index in [2.05, 4.69) is 0 Å². The molecule has 3 heterocycles. The van der Waals surface area contributed by atoms with Crippen molar-refractivity contribution in [3.63, 3.8) is 0 Å². The van der Waals surface area contributed by atoms with Crippen LogP contribution in [-0.4, -0.2) is 142 Å². The van der Waals surface area contributed by atoms with Crippen LogP contribution >= 0.6 is 0 Å². The highest BCUT2D eigenvalue weighted by molar-refractivity contribution is 5.88. The first-order chi connectivity index (χ1) is 21.8. The van der Waals surface area contributed by atoms with E-state index in [1.807, 2.05) is 0 Å². The Morgan fingerprint density at radius 2 is 1.33 bits per heavy atom. The molecule has 0 radical (unpaired) electrons. The van der Waals surface area contributed by atoms with Gasteiger partial charge in [-0.3, -0.25) is 4.79 Å². The Kier molecular flexibility index (Phi) is 9.47. The number of benzene rings is 2. The van der Waals surface area contributed by atoms with Crippen molar-refractivity contribution in [2.75, 3.05) is 19.8 Å². The van der Waals surface area contributed by atoms with Gasteiger partial charge in [-0.25, -0.2) is 0 Å². The Morgan fingerprint density at radius 3 is 1.96 bits per heavy atom. The molecule has 252 valence electrons. The zero-order valence-electron chi connectivity index (χ0n) is 23.5. The molecule has 1 aromatic heterocycles. The number of aromatic hydroxyl groups is 5. The second-order valence-electron chi connectivity index (χ2n) is 10.8. The van der Waals surface area contributed by atoms with Crippen molar-refractivity contribution in [3.05, 3.63) is 34.5 Å². The number of rotatable bonds is 8. The van der Waals surface area contributed by atoms with Crippen molar-refractivity contribution in [2.45, 2.75) is 61.2 Å². The summed E-state index contributed by atoms with van der Waals surface area (Å²) in [5, 5.41) is 121. The summed E-state index contributed by atoms with van der Waals surface area (Å²) >= 11 is 0. The Morgan fingerprint density at radius 1 is 0.696 bits per heavy atom. The topological polar surface area (TPSA) is 310 Å². The molecule has 46 heavy (non-hydrogen) atoms. The average molecular weight is 657 g/mol. The molecule has 0 bridgehead atoms. The average Bonchev–Trinajstić information content (AvgIpc) is 3.01. The fourth-order valence-corrected chi connectivity index (χ4v) is 5.29. The molecular weight excluding hydrogens is 624 g/mol. The number of fused-ring (bicyclic) bond motifs is 1. The van der Waals surface area contributed by atoms with Gasteiger partial charge in [-0.15, -0.1) is 0 Å². The van der Waals surface area contributed by atoms with Gasteiger partial charge in [0.1, 0.15) is 84.0 Å². The molecule has 0 aliphatic carbocycles. The van der Waals surface area contributed by atoms with Crippen LogP contribution in [0.5, 0.6) is 34.5 Å². The van der Waals surface area contributed by atoms with E-state index in [-0.39, 0.29) is 11.1 Å². The van der Waals surface area contributed by atoms with Crippen LogP contribution in [0.15, 0.2) is 33.5 Å². The van der Waals surface area contributed by atoms with Gasteiger partial charge >= 0.3 is 0 Å². The van der Waals surface area contributed by atoms with Gasteiger partial charge in [-0.05, 0) is 12.1 Å². The van der Waals surface area contributed by atoms with E-state index in [0.29, 0.717) is 0 Å². The number of phenolic OH excluding ortho intramolecular Hbond substituents is 5. The molecule has 10 atom stereocenters. The quantitative estimate of drug-likeness (QED) is 0.108. The lowest BCUT2D eigenvalue weighted by molar-refractivity contribution is -0.342. The van der Waals surface area contributed by atoms with Crippen LogP contribution < -0.4 is 10.2 Å². The van der Waals surface area contributed by atoms with Crippen LogP contribution in [0.4, 0.5) is 0 Å². The maximum absolute atomic E-state index is 13.5. The van der Waals surface area contributed by atoms with E-state index < -0.39 is 132 Å². The minimum Gasteiger partial charge on any atom is -0.508 e. The van der Waals surface area contributed by atoms with E-state index in [1.165, 1.54) is 0 Å². The summed E-state index contributed by atoms with van der Waals surface area (Å²) in [6.07, 6.45) is -16.8. The van der Waals surface area contributed by atoms with Crippen LogP contribution in [0.3, 0.4) is 0 Å². The van der Waals surface area contributed by atoms with Gasteiger partial charge in [0.25, 0.3) is 0 Å². The molecule has 2 saturated heterocycles. The summed E-state index contributed by atoms with van der Waals surface area (Å²) in [6.45, 7) is -2.35. The van der Waals surface area contributed by atoms with Crippen LogP contribution in [0, 0.1) is 0 Å². The SMILES string of the molecule is O=c1c(OC[C@@H]2O[C@H](CO)[C@@H](OC3O[C@@H](CO)[C@@H](O)[C@@H](O)[C@@H]3O)[C@H](O)[C@H]2O)c(-c2cc(O)c(O)c(O)c2)oc2cc(O)cc(O)c12. The molecule has 2 fully saturated rings. The molecule has 0 spiro atoms. The molecule has 2 aliphatic rings. The van der Waals surface area contributed by atoms with Crippen molar-refractivity contribution in [1.29, 1.82) is 0 Å². The molecule has 18 nitrogen and oxygen atoms in total. The van der Waals surface area contributed by atoms with Gasteiger partial charge in [0.05, 0.1) is 13.2 Å². The molecule has 12 N–H and O–H groups in total. The summed E-state index contributed by atoms with van der Waals surface area (Å²) in [5.74, 6) is -4.82. The van der Waals surface area contributed by atoms with Gasteiger partial charge in [-0.1, -0.05) is 0 Å². The standard InChI is InChI=1S/C28H32O18/c29-5-14-19(36)22(39)24(41)28(45-14)46-26-15(6-30)43-16(20(37)23(26)40)7-42-27-21(38)17-10(32)3-9(31)4-13(17)44-25(27)8-1-11(33)18(35)12(34)2-8/h1-4,14-16,19-20,22-24,26,28-37,39-41H,5-7H2/t14-,15+,16-,19+,20-,22+,23+,24-,26+,28?/m0/s1. The second-order valence-corrected chi connectivity index (χ2v) is 10.8. The zero-order valence-corrected chi connectivity index (χ0v) is 23.5. The molecule has 0 saturated carbocycles. The number of ether oxygens (including phenoxy) is 4. The van der Waals surface area contributed by atoms with Crippen molar-refractivity contribution in [1.82, 2.24) is 0 Å². The monoisotopic (exact) mass is 656 g/mol. The Labute approximate surface area is 257 Å². The first-order valence-corrected chi connectivity index (χ1v) is 13.8. The van der Waals surface area contributed by atoms with Gasteiger partial charge in [0.15, 0.2) is 29.3 Å².